The molecule has 1 amide bonds. The Bertz CT molecular complexity index is 721. The maximum atomic E-state index is 12.4. The number of amides is 1. The molecule has 0 saturated heterocycles. The first kappa shape index (κ1) is 19.2. The highest BCUT2D eigenvalue weighted by Gasteiger charge is 2.18. The van der Waals surface area contributed by atoms with Gasteiger partial charge in [0.1, 0.15) is 0 Å². The van der Waals surface area contributed by atoms with Crippen LogP contribution in [0.4, 0.5) is 0 Å². The van der Waals surface area contributed by atoms with E-state index in [2.05, 4.69) is 15.5 Å². The fourth-order valence-electron chi connectivity index (χ4n) is 2.19. The van der Waals surface area contributed by atoms with E-state index in [0.29, 0.717) is 48.3 Å². The molecule has 0 aliphatic carbocycles. The molecule has 7 heteroatoms. The van der Waals surface area contributed by atoms with Gasteiger partial charge in [0.25, 0.3) is 5.91 Å². The third kappa shape index (κ3) is 5.20. The number of hydrazone groups is 1. The maximum Gasteiger partial charge on any atom is 0.271 e. The summed E-state index contributed by atoms with van der Waals surface area (Å²) in [7, 11) is 0. The average molecular weight is 357 g/mol. The van der Waals surface area contributed by atoms with Crippen LogP contribution in [-0.2, 0) is 0 Å². The minimum atomic E-state index is -0.387. The molecule has 0 spiro atoms. The summed E-state index contributed by atoms with van der Waals surface area (Å²) >= 11 is 0. The van der Waals surface area contributed by atoms with E-state index in [-0.39, 0.29) is 5.91 Å². The second-order valence-electron chi connectivity index (χ2n) is 5.05. The van der Waals surface area contributed by atoms with Gasteiger partial charge in [0.2, 0.25) is 5.75 Å². The Kier molecular flexibility index (Phi) is 7.42. The van der Waals surface area contributed by atoms with E-state index in [9.17, 15) is 4.79 Å². The van der Waals surface area contributed by atoms with Crippen molar-refractivity contribution in [1.29, 1.82) is 0 Å². The Balaban J connectivity index is 2.23. The molecule has 0 bridgehead atoms. The normalized spacial score (nSPS) is 10.6. The van der Waals surface area contributed by atoms with Crippen molar-refractivity contribution < 1.29 is 19.0 Å². The molecule has 0 aliphatic heterocycles. The maximum absolute atomic E-state index is 12.4. The van der Waals surface area contributed by atoms with E-state index >= 15 is 0 Å². The molecule has 0 saturated carbocycles. The van der Waals surface area contributed by atoms with Gasteiger partial charge in [-0.05, 0) is 45.0 Å². The lowest BCUT2D eigenvalue weighted by Crippen LogP contribution is -2.18. The summed E-state index contributed by atoms with van der Waals surface area (Å²) in [5.74, 6) is 1.02. The Morgan fingerprint density at radius 2 is 1.73 bits per heavy atom. The molecule has 1 heterocycles. The number of benzene rings is 1. The number of aromatic nitrogens is 1. The molecule has 0 aliphatic rings. The number of hydrogen-bond acceptors (Lipinski definition) is 6. The zero-order chi connectivity index (χ0) is 18.8. The van der Waals surface area contributed by atoms with Gasteiger partial charge >= 0.3 is 0 Å². The SMILES string of the molecule is CCOc1cc(C(=O)N/N=C\c2ccccn2)cc(OCC)c1OCC. The van der Waals surface area contributed by atoms with E-state index in [1.165, 1.54) is 6.21 Å². The summed E-state index contributed by atoms with van der Waals surface area (Å²) in [4.78, 5) is 16.5. The largest absolute Gasteiger partial charge is 0.490 e. The second-order valence-corrected chi connectivity index (χ2v) is 5.05. The Hall–Kier alpha value is -3.09. The highest BCUT2D eigenvalue weighted by molar-refractivity contribution is 5.96. The molecular formula is C19H23N3O4. The summed E-state index contributed by atoms with van der Waals surface area (Å²) in [5.41, 5.74) is 3.48. The number of ether oxygens (including phenoxy) is 3. The van der Waals surface area contributed by atoms with Crippen molar-refractivity contribution in [2.75, 3.05) is 19.8 Å². The standard InChI is InChI=1S/C19H23N3O4/c1-4-24-16-11-14(12-17(25-5-2)18(16)26-6-3)19(23)22-21-13-15-9-7-8-10-20-15/h7-13H,4-6H2,1-3H3,(H,22,23)/b21-13-. The van der Waals surface area contributed by atoms with Crippen LogP contribution >= 0.6 is 0 Å². The molecule has 1 aromatic heterocycles. The zero-order valence-corrected chi connectivity index (χ0v) is 15.2. The second kappa shape index (κ2) is 10.0. The van der Waals surface area contributed by atoms with Crippen LogP contribution in [0.3, 0.4) is 0 Å². The molecule has 0 radical (unpaired) electrons. The predicted molar refractivity (Wildman–Crippen MR) is 99.2 cm³/mol. The molecule has 0 atom stereocenters. The van der Waals surface area contributed by atoms with Crippen molar-refractivity contribution in [3.63, 3.8) is 0 Å². The summed E-state index contributed by atoms with van der Waals surface area (Å²) in [6.07, 6.45) is 3.12. The van der Waals surface area contributed by atoms with Crippen LogP contribution < -0.4 is 19.6 Å². The van der Waals surface area contributed by atoms with Crippen molar-refractivity contribution >= 4 is 12.1 Å². The van der Waals surface area contributed by atoms with Crippen molar-refractivity contribution in [1.82, 2.24) is 10.4 Å². The molecule has 7 nitrogen and oxygen atoms in total. The van der Waals surface area contributed by atoms with E-state index in [1.807, 2.05) is 26.8 Å². The monoisotopic (exact) mass is 357 g/mol. The van der Waals surface area contributed by atoms with Crippen LogP contribution in [0.2, 0.25) is 0 Å². The van der Waals surface area contributed by atoms with E-state index in [1.54, 1.807) is 30.5 Å². The molecule has 1 aromatic carbocycles. The Morgan fingerprint density at radius 1 is 1.08 bits per heavy atom. The molecule has 1 N–H and O–H groups in total. The zero-order valence-electron chi connectivity index (χ0n) is 15.2. The van der Waals surface area contributed by atoms with Crippen LogP contribution in [-0.4, -0.2) is 36.9 Å². The van der Waals surface area contributed by atoms with Crippen LogP contribution in [0.1, 0.15) is 36.8 Å². The van der Waals surface area contributed by atoms with Gasteiger partial charge in [-0.15, -0.1) is 0 Å². The van der Waals surface area contributed by atoms with Crippen molar-refractivity contribution in [3.8, 4) is 17.2 Å². The van der Waals surface area contributed by atoms with Gasteiger partial charge in [-0.3, -0.25) is 9.78 Å². The fourth-order valence-corrected chi connectivity index (χ4v) is 2.19. The van der Waals surface area contributed by atoms with E-state index in [4.69, 9.17) is 14.2 Å². The van der Waals surface area contributed by atoms with Crippen LogP contribution in [0.25, 0.3) is 0 Å². The molecule has 26 heavy (non-hydrogen) atoms. The van der Waals surface area contributed by atoms with Crippen molar-refractivity contribution in [2.24, 2.45) is 5.10 Å². The van der Waals surface area contributed by atoms with E-state index < -0.39 is 0 Å². The van der Waals surface area contributed by atoms with Gasteiger partial charge in [-0.2, -0.15) is 5.10 Å². The summed E-state index contributed by atoms with van der Waals surface area (Å²) in [5, 5.41) is 3.93. The third-order valence-corrected chi connectivity index (χ3v) is 3.22. The minimum absolute atomic E-state index is 0.360. The summed E-state index contributed by atoms with van der Waals surface area (Å²) in [6, 6.07) is 8.66. The van der Waals surface area contributed by atoms with Gasteiger partial charge in [-0.1, -0.05) is 6.07 Å². The number of carbonyl (C=O) groups is 1. The van der Waals surface area contributed by atoms with Crippen LogP contribution in [0.5, 0.6) is 17.2 Å². The quantitative estimate of drug-likeness (QED) is 0.551. The minimum Gasteiger partial charge on any atom is -0.490 e. The summed E-state index contributed by atoms with van der Waals surface area (Å²) in [6.45, 7) is 6.93. The van der Waals surface area contributed by atoms with Crippen LogP contribution in [0.15, 0.2) is 41.6 Å². The van der Waals surface area contributed by atoms with Gasteiger partial charge in [0, 0.05) is 11.8 Å². The lowest BCUT2D eigenvalue weighted by Gasteiger charge is -2.16. The number of carbonyl (C=O) groups excluding carboxylic acids is 1. The Labute approximate surface area is 153 Å². The highest BCUT2D eigenvalue weighted by atomic mass is 16.5. The molecule has 138 valence electrons. The van der Waals surface area contributed by atoms with Gasteiger partial charge < -0.3 is 14.2 Å². The molecule has 2 rings (SSSR count). The van der Waals surface area contributed by atoms with Crippen molar-refractivity contribution in [2.45, 2.75) is 20.8 Å². The molecule has 0 fully saturated rings. The van der Waals surface area contributed by atoms with Crippen molar-refractivity contribution in [3.05, 3.63) is 47.8 Å². The molecule has 2 aromatic rings. The Morgan fingerprint density at radius 3 is 2.27 bits per heavy atom. The first-order chi connectivity index (χ1) is 12.7. The van der Waals surface area contributed by atoms with Gasteiger partial charge in [0.15, 0.2) is 11.5 Å². The van der Waals surface area contributed by atoms with Gasteiger partial charge in [0.05, 0.1) is 31.7 Å². The van der Waals surface area contributed by atoms with Gasteiger partial charge in [-0.25, -0.2) is 5.43 Å². The highest BCUT2D eigenvalue weighted by Crippen LogP contribution is 2.39. The smallest absolute Gasteiger partial charge is 0.271 e. The predicted octanol–water partition coefficient (Wildman–Crippen LogP) is 3.04. The molecular weight excluding hydrogens is 334 g/mol. The summed E-state index contributed by atoms with van der Waals surface area (Å²) < 4.78 is 16.8. The number of hydrogen-bond donors (Lipinski definition) is 1. The lowest BCUT2D eigenvalue weighted by molar-refractivity contribution is 0.0954. The topological polar surface area (TPSA) is 82.0 Å². The number of rotatable bonds is 9. The lowest BCUT2D eigenvalue weighted by atomic mass is 10.1. The first-order valence-electron chi connectivity index (χ1n) is 8.50. The number of nitrogens with one attached hydrogen (secondary N) is 1. The molecule has 0 unspecified atom stereocenters. The van der Waals surface area contributed by atoms with Crippen LogP contribution in [0, 0.1) is 0 Å². The third-order valence-electron chi connectivity index (χ3n) is 3.22. The first-order valence-corrected chi connectivity index (χ1v) is 8.50. The number of pyridine rings is 1. The van der Waals surface area contributed by atoms with E-state index in [0.717, 1.165) is 0 Å². The average Bonchev–Trinajstić information content (AvgIpc) is 2.65. The fraction of sp³-hybridized carbons (Fsp3) is 0.316. The number of nitrogens with zero attached hydrogens (tertiary/aromatic N) is 2.